The van der Waals surface area contributed by atoms with E-state index in [0.717, 1.165) is 24.3 Å². The summed E-state index contributed by atoms with van der Waals surface area (Å²) in [5.41, 5.74) is 1.33. The molecule has 0 bridgehead atoms. The molecule has 1 aromatic rings. The molecule has 1 saturated carbocycles. The highest BCUT2D eigenvalue weighted by molar-refractivity contribution is 5.43. The van der Waals surface area contributed by atoms with Crippen molar-refractivity contribution in [3.8, 4) is 11.5 Å². The molecule has 0 radical (unpaired) electrons. The molecule has 0 atom stereocenters. The molecule has 1 aliphatic rings. The predicted molar refractivity (Wildman–Crippen MR) is 69.9 cm³/mol. The molecule has 1 aliphatic carbocycles. The van der Waals surface area contributed by atoms with Gasteiger partial charge in [-0.2, -0.15) is 0 Å². The smallest absolute Gasteiger partial charge is 0.161 e. The Morgan fingerprint density at radius 3 is 2.59 bits per heavy atom. The Kier molecular flexibility index (Phi) is 4.29. The van der Waals surface area contributed by atoms with Crippen LogP contribution in [-0.4, -0.2) is 13.2 Å². The largest absolute Gasteiger partial charge is 0.493 e. The minimum absolute atomic E-state index is 0.390. The van der Waals surface area contributed by atoms with Crippen molar-refractivity contribution in [1.29, 1.82) is 0 Å². The van der Waals surface area contributed by atoms with Crippen LogP contribution in [0.4, 0.5) is 0 Å². The third-order valence-corrected chi connectivity index (χ3v) is 3.36. The zero-order valence-electron chi connectivity index (χ0n) is 10.9. The van der Waals surface area contributed by atoms with Gasteiger partial charge in [-0.15, -0.1) is 0 Å². The minimum Gasteiger partial charge on any atom is -0.493 e. The number of rotatable bonds is 5. The Hall–Kier alpha value is -1.18. The topological polar surface area (TPSA) is 18.5 Å². The molecule has 2 rings (SSSR count). The van der Waals surface area contributed by atoms with Gasteiger partial charge in [0, 0.05) is 0 Å². The number of ether oxygens (including phenoxy) is 2. The zero-order valence-corrected chi connectivity index (χ0v) is 10.9. The lowest BCUT2D eigenvalue weighted by Gasteiger charge is -2.16. The van der Waals surface area contributed by atoms with E-state index in [-0.39, 0.29) is 0 Å². The molecule has 0 heterocycles. The van der Waals surface area contributed by atoms with Gasteiger partial charge in [-0.1, -0.05) is 19.4 Å². The molecule has 0 amide bonds. The molecule has 2 nitrogen and oxygen atoms in total. The average molecular weight is 234 g/mol. The zero-order chi connectivity index (χ0) is 12.1. The van der Waals surface area contributed by atoms with Crippen LogP contribution in [0.3, 0.4) is 0 Å². The summed E-state index contributed by atoms with van der Waals surface area (Å²) >= 11 is 0. The lowest BCUT2D eigenvalue weighted by molar-refractivity contribution is 0.200. The first-order valence-corrected chi connectivity index (χ1v) is 6.67. The fourth-order valence-corrected chi connectivity index (χ4v) is 2.44. The van der Waals surface area contributed by atoms with Crippen molar-refractivity contribution in [1.82, 2.24) is 0 Å². The molecule has 0 aromatic heterocycles. The summed E-state index contributed by atoms with van der Waals surface area (Å²) in [5, 5.41) is 0. The molecule has 0 N–H and O–H groups in total. The highest BCUT2D eigenvalue weighted by Crippen LogP contribution is 2.32. The second kappa shape index (κ2) is 5.95. The number of aryl methyl sites for hydroxylation is 1. The van der Waals surface area contributed by atoms with Gasteiger partial charge in [0.05, 0.1) is 13.2 Å². The van der Waals surface area contributed by atoms with Gasteiger partial charge in [-0.25, -0.2) is 0 Å². The first kappa shape index (κ1) is 12.3. The van der Waals surface area contributed by atoms with E-state index >= 15 is 0 Å². The van der Waals surface area contributed by atoms with Gasteiger partial charge in [0.25, 0.3) is 0 Å². The third kappa shape index (κ3) is 3.15. The third-order valence-electron chi connectivity index (χ3n) is 3.36. The van der Waals surface area contributed by atoms with Crippen LogP contribution >= 0.6 is 0 Å². The standard InChI is InChI=1S/C15H22O2/c1-3-6-12-9-10-14(16-2)15(11-12)17-13-7-4-5-8-13/h9-11,13H,3-8H2,1-2H3. The van der Waals surface area contributed by atoms with E-state index < -0.39 is 0 Å². The lowest BCUT2D eigenvalue weighted by atomic mass is 10.1. The molecule has 0 saturated heterocycles. The summed E-state index contributed by atoms with van der Waals surface area (Å²) in [6, 6.07) is 6.29. The molecule has 1 fully saturated rings. The van der Waals surface area contributed by atoms with Crippen LogP contribution in [0.2, 0.25) is 0 Å². The highest BCUT2D eigenvalue weighted by Gasteiger charge is 2.18. The summed E-state index contributed by atoms with van der Waals surface area (Å²) in [6.07, 6.45) is 7.60. The molecule has 0 aliphatic heterocycles. The molecule has 0 spiro atoms. The molecular weight excluding hydrogens is 212 g/mol. The van der Waals surface area contributed by atoms with E-state index in [9.17, 15) is 0 Å². The van der Waals surface area contributed by atoms with Crippen LogP contribution in [0, 0.1) is 0 Å². The van der Waals surface area contributed by atoms with Gasteiger partial charge in [0.2, 0.25) is 0 Å². The fourth-order valence-electron chi connectivity index (χ4n) is 2.44. The molecule has 2 heteroatoms. The van der Waals surface area contributed by atoms with Crippen molar-refractivity contribution >= 4 is 0 Å². The van der Waals surface area contributed by atoms with Gasteiger partial charge in [-0.05, 0) is 49.8 Å². The predicted octanol–water partition coefficient (Wildman–Crippen LogP) is 3.97. The van der Waals surface area contributed by atoms with Gasteiger partial charge in [0.1, 0.15) is 0 Å². The highest BCUT2D eigenvalue weighted by atomic mass is 16.5. The van der Waals surface area contributed by atoms with Crippen molar-refractivity contribution in [3.05, 3.63) is 23.8 Å². The van der Waals surface area contributed by atoms with Crippen LogP contribution in [0.1, 0.15) is 44.6 Å². The van der Waals surface area contributed by atoms with Gasteiger partial charge in [0.15, 0.2) is 11.5 Å². The van der Waals surface area contributed by atoms with Crippen LogP contribution in [0.5, 0.6) is 11.5 Å². The van der Waals surface area contributed by atoms with Crippen LogP contribution in [0.15, 0.2) is 18.2 Å². The SMILES string of the molecule is CCCc1ccc(OC)c(OC2CCCC2)c1. The number of hydrogen-bond donors (Lipinski definition) is 0. The minimum atomic E-state index is 0.390. The van der Waals surface area contributed by atoms with Crippen LogP contribution in [-0.2, 0) is 6.42 Å². The van der Waals surface area contributed by atoms with E-state index in [0.29, 0.717) is 6.10 Å². The molecule has 0 unspecified atom stereocenters. The van der Waals surface area contributed by atoms with Gasteiger partial charge in [-0.3, -0.25) is 0 Å². The maximum atomic E-state index is 6.06. The quantitative estimate of drug-likeness (QED) is 0.767. The number of hydrogen-bond acceptors (Lipinski definition) is 2. The second-order valence-electron chi connectivity index (χ2n) is 4.76. The van der Waals surface area contributed by atoms with Crippen molar-refractivity contribution in [3.63, 3.8) is 0 Å². The van der Waals surface area contributed by atoms with Crippen LogP contribution in [0.25, 0.3) is 0 Å². The summed E-state index contributed by atoms with van der Waals surface area (Å²) in [4.78, 5) is 0. The summed E-state index contributed by atoms with van der Waals surface area (Å²) in [5.74, 6) is 1.78. The molecule has 1 aromatic carbocycles. The van der Waals surface area contributed by atoms with Crippen molar-refractivity contribution in [2.24, 2.45) is 0 Å². The summed E-state index contributed by atoms with van der Waals surface area (Å²) in [7, 11) is 1.70. The maximum Gasteiger partial charge on any atom is 0.161 e. The van der Waals surface area contributed by atoms with Crippen molar-refractivity contribution < 1.29 is 9.47 Å². The molecular formula is C15H22O2. The number of methoxy groups -OCH3 is 1. The van der Waals surface area contributed by atoms with Crippen molar-refractivity contribution in [2.75, 3.05) is 7.11 Å². The normalized spacial score (nSPS) is 16.1. The summed E-state index contributed by atoms with van der Waals surface area (Å²) < 4.78 is 11.4. The van der Waals surface area contributed by atoms with E-state index in [1.54, 1.807) is 7.11 Å². The Bertz CT molecular complexity index is 354. The first-order chi connectivity index (χ1) is 8.33. The second-order valence-corrected chi connectivity index (χ2v) is 4.76. The van der Waals surface area contributed by atoms with Gasteiger partial charge < -0.3 is 9.47 Å². The Morgan fingerprint density at radius 1 is 1.18 bits per heavy atom. The van der Waals surface area contributed by atoms with E-state index in [4.69, 9.17) is 9.47 Å². The van der Waals surface area contributed by atoms with E-state index in [2.05, 4.69) is 19.1 Å². The Morgan fingerprint density at radius 2 is 1.94 bits per heavy atom. The monoisotopic (exact) mass is 234 g/mol. The summed E-state index contributed by atoms with van der Waals surface area (Å²) in [6.45, 7) is 2.20. The molecule has 94 valence electrons. The lowest BCUT2D eigenvalue weighted by Crippen LogP contribution is -2.11. The Balaban J connectivity index is 2.12. The Labute approximate surface area is 104 Å². The fraction of sp³-hybridized carbons (Fsp3) is 0.600. The molecule has 17 heavy (non-hydrogen) atoms. The van der Waals surface area contributed by atoms with E-state index in [1.807, 2.05) is 6.07 Å². The number of benzene rings is 1. The average Bonchev–Trinajstić information content (AvgIpc) is 2.83. The maximum absolute atomic E-state index is 6.06. The van der Waals surface area contributed by atoms with E-state index in [1.165, 1.54) is 31.2 Å². The first-order valence-electron chi connectivity index (χ1n) is 6.67. The van der Waals surface area contributed by atoms with Gasteiger partial charge >= 0.3 is 0 Å². The van der Waals surface area contributed by atoms with Crippen LogP contribution < -0.4 is 9.47 Å². The van der Waals surface area contributed by atoms with Crippen molar-refractivity contribution in [2.45, 2.75) is 51.6 Å².